The molecule has 1 aromatic rings. The number of nitrogens with one attached hydrogen (secondary N) is 2. The molecular weight excluding hydrogens is 206 g/mol. The number of carbonyl (C=O) groups is 2. The van der Waals surface area contributed by atoms with Gasteiger partial charge in [-0.1, -0.05) is 6.07 Å². The molecule has 0 saturated carbocycles. The monoisotopic (exact) mass is 219 g/mol. The Hall–Kier alpha value is -1.88. The number of nitrogens with two attached hydrogens (primary N) is 1. The van der Waals surface area contributed by atoms with Gasteiger partial charge in [-0.25, -0.2) is 0 Å². The van der Waals surface area contributed by atoms with Gasteiger partial charge in [-0.15, -0.1) is 0 Å². The Morgan fingerprint density at radius 3 is 2.81 bits per heavy atom. The third-order valence-corrected chi connectivity index (χ3v) is 2.52. The predicted octanol–water partition coefficient (Wildman–Crippen LogP) is -0.495. The molecule has 0 bridgehead atoms. The van der Waals surface area contributed by atoms with Crippen LogP contribution in [0.4, 0.5) is 0 Å². The first kappa shape index (κ1) is 10.6. The summed E-state index contributed by atoms with van der Waals surface area (Å²) in [5, 5.41) is 5.65. The van der Waals surface area contributed by atoms with Gasteiger partial charge in [0.05, 0.1) is 6.54 Å². The van der Waals surface area contributed by atoms with Crippen LogP contribution in [0.25, 0.3) is 0 Å². The Morgan fingerprint density at radius 1 is 1.31 bits per heavy atom. The summed E-state index contributed by atoms with van der Waals surface area (Å²) in [7, 11) is 0. The molecule has 0 spiro atoms. The van der Waals surface area contributed by atoms with Gasteiger partial charge in [-0.2, -0.15) is 0 Å². The minimum absolute atomic E-state index is 0.131. The lowest BCUT2D eigenvalue weighted by molar-refractivity contribution is -0.117. The van der Waals surface area contributed by atoms with Gasteiger partial charge in [-0.3, -0.25) is 9.59 Å². The molecular formula is C11H13N3O2. The van der Waals surface area contributed by atoms with Gasteiger partial charge in [0.15, 0.2) is 0 Å². The zero-order chi connectivity index (χ0) is 11.5. The average molecular weight is 219 g/mol. The fourth-order valence-electron chi connectivity index (χ4n) is 1.71. The number of primary amides is 1. The summed E-state index contributed by atoms with van der Waals surface area (Å²) in [6.45, 7) is 1.50. The lowest BCUT2D eigenvalue weighted by atomic mass is 10.1. The van der Waals surface area contributed by atoms with Gasteiger partial charge in [0.1, 0.15) is 0 Å². The topological polar surface area (TPSA) is 84.2 Å². The van der Waals surface area contributed by atoms with Crippen molar-refractivity contribution in [2.45, 2.75) is 13.1 Å². The number of hydrogen-bond donors (Lipinski definition) is 3. The zero-order valence-electron chi connectivity index (χ0n) is 8.75. The summed E-state index contributed by atoms with van der Waals surface area (Å²) < 4.78 is 0. The first-order valence-corrected chi connectivity index (χ1v) is 5.06. The highest BCUT2D eigenvalue weighted by molar-refractivity contribution is 5.96. The van der Waals surface area contributed by atoms with E-state index in [-0.39, 0.29) is 12.5 Å². The molecule has 1 aromatic carbocycles. The Labute approximate surface area is 93.0 Å². The summed E-state index contributed by atoms with van der Waals surface area (Å²) in [6.07, 6.45) is 0. The summed E-state index contributed by atoms with van der Waals surface area (Å²) in [6, 6.07) is 5.52. The zero-order valence-corrected chi connectivity index (χ0v) is 8.75. The molecule has 84 valence electrons. The van der Waals surface area contributed by atoms with Gasteiger partial charge >= 0.3 is 0 Å². The molecule has 4 N–H and O–H groups in total. The maximum atomic E-state index is 11.6. The van der Waals surface area contributed by atoms with E-state index in [0.717, 1.165) is 18.7 Å². The van der Waals surface area contributed by atoms with E-state index >= 15 is 0 Å². The van der Waals surface area contributed by atoms with E-state index in [2.05, 4.69) is 10.6 Å². The van der Waals surface area contributed by atoms with Crippen LogP contribution < -0.4 is 16.4 Å². The van der Waals surface area contributed by atoms with Crippen LogP contribution in [0.3, 0.4) is 0 Å². The van der Waals surface area contributed by atoms with Crippen molar-refractivity contribution in [1.29, 1.82) is 0 Å². The van der Waals surface area contributed by atoms with Crippen LogP contribution in [0.5, 0.6) is 0 Å². The van der Waals surface area contributed by atoms with Crippen molar-refractivity contribution in [3.8, 4) is 0 Å². The molecule has 0 aliphatic carbocycles. The number of rotatable bonds is 3. The Morgan fingerprint density at radius 2 is 2.06 bits per heavy atom. The summed E-state index contributed by atoms with van der Waals surface area (Å²) in [5.41, 5.74) is 7.85. The Balaban J connectivity index is 2.09. The number of carbonyl (C=O) groups excluding carboxylic acids is 2. The second-order valence-corrected chi connectivity index (χ2v) is 3.74. The van der Waals surface area contributed by atoms with Crippen LogP contribution in [0.1, 0.15) is 21.5 Å². The molecule has 16 heavy (non-hydrogen) atoms. The largest absolute Gasteiger partial charge is 0.368 e. The van der Waals surface area contributed by atoms with Crippen LogP contribution in [0.15, 0.2) is 18.2 Å². The third-order valence-electron chi connectivity index (χ3n) is 2.52. The van der Waals surface area contributed by atoms with Gasteiger partial charge in [0.2, 0.25) is 5.91 Å². The van der Waals surface area contributed by atoms with Gasteiger partial charge in [0, 0.05) is 18.7 Å². The summed E-state index contributed by atoms with van der Waals surface area (Å²) in [4.78, 5) is 22.1. The Bertz CT molecular complexity index is 443. The molecule has 0 atom stereocenters. The van der Waals surface area contributed by atoms with Crippen molar-refractivity contribution in [3.05, 3.63) is 34.9 Å². The maximum absolute atomic E-state index is 11.6. The highest BCUT2D eigenvalue weighted by atomic mass is 16.2. The summed E-state index contributed by atoms with van der Waals surface area (Å²) >= 11 is 0. The van der Waals surface area contributed by atoms with E-state index in [9.17, 15) is 9.59 Å². The second kappa shape index (κ2) is 4.32. The van der Waals surface area contributed by atoms with E-state index in [1.807, 2.05) is 12.1 Å². The highest BCUT2D eigenvalue weighted by Crippen LogP contribution is 2.16. The van der Waals surface area contributed by atoms with Crippen molar-refractivity contribution in [3.63, 3.8) is 0 Å². The number of fused-ring (bicyclic) bond motifs is 1. The molecule has 5 nitrogen and oxygen atoms in total. The standard InChI is InChI=1S/C11H13N3O2/c12-10(15)6-14-11(16)7-1-2-8-4-13-5-9(8)3-7/h1-3,13H,4-6H2,(H2,12,15)(H,14,16). The lowest BCUT2D eigenvalue weighted by Gasteiger charge is -2.04. The minimum atomic E-state index is -0.545. The van der Waals surface area contributed by atoms with E-state index in [1.165, 1.54) is 5.56 Å². The fraction of sp³-hybridized carbons (Fsp3) is 0.273. The molecule has 0 saturated heterocycles. The van der Waals surface area contributed by atoms with E-state index in [0.29, 0.717) is 5.56 Å². The fourth-order valence-corrected chi connectivity index (χ4v) is 1.71. The van der Waals surface area contributed by atoms with E-state index in [1.54, 1.807) is 6.07 Å². The third kappa shape index (κ3) is 2.20. The van der Waals surface area contributed by atoms with E-state index in [4.69, 9.17) is 5.73 Å². The maximum Gasteiger partial charge on any atom is 0.251 e. The van der Waals surface area contributed by atoms with Crippen LogP contribution in [-0.2, 0) is 17.9 Å². The molecule has 1 heterocycles. The number of hydrogen-bond acceptors (Lipinski definition) is 3. The predicted molar refractivity (Wildman–Crippen MR) is 58.5 cm³/mol. The highest BCUT2D eigenvalue weighted by Gasteiger charge is 2.13. The van der Waals surface area contributed by atoms with E-state index < -0.39 is 5.91 Å². The Kier molecular flexibility index (Phi) is 2.87. The molecule has 1 aliphatic rings. The molecule has 5 heteroatoms. The smallest absolute Gasteiger partial charge is 0.251 e. The average Bonchev–Trinajstić information content (AvgIpc) is 2.72. The van der Waals surface area contributed by atoms with Crippen molar-refractivity contribution in [2.24, 2.45) is 5.73 Å². The molecule has 2 rings (SSSR count). The molecule has 0 aromatic heterocycles. The van der Waals surface area contributed by atoms with Gasteiger partial charge < -0.3 is 16.4 Å². The molecule has 0 radical (unpaired) electrons. The SMILES string of the molecule is NC(=O)CNC(=O)c1ccc2c(c1)CNC2. The van der Waals surface area contributed by atoms with Crippen LogP contribution in [0.2, 0.25) is 0 Å². The normalized spacial score (nSPS) is 13.2. The molecule has 0 fully saturated rings. The molecule has 2 amide bonds. The minimum Gasteiger partial charge on any atom is -0.368 e. The lowest BCUT2D eigenvalue weighted by Crippen LogP contribution is -2.33. The van der Waals surface area contributed by atoms with Crippen LogP contribution in [-0.4, -0.2) is 18.4 Å². The van der Waals surface area contributed by atoms with Crippen LogP contribution in [0, 0.1) is 0 Å². The first-order chi connectivity index (χ1) is 7.66. The van der Waals surface area contributed by atoms with Crippen molar-refractivity contribution in [2.75, 3.05) is 6.54 Å². The van der Waals surface area contributed by atoms with Crippen molar-refractivity contribution in [1.82, 2.24) is 10.6 Å². The van der Waals surface area contributed by atoms with Crippen molar-refractivity contribution < 1.29 is 9.59 Å². The number of amides is 2. The van der Waals surface area contributed by atoms with Crippen molar-refractivity contribution >= 4 is 11.8 Å². The quantitative estimate of drug-likeness (QED) is 0.641. The molecule has 0 unspecified atom stereocenters. The number of benzene rings is 1. The molecule has 1 aliphatic heterocycles. The first-order valence-electron chi connectivity index (χ1n) is 5.06. The summed E-state index contributed by atoms with van der Waals surface area (Å²) in [5.74, 6) is -0.815. The second-order valence-electron chi connectivity index (χ2n) is 3.74. The van der Waals surface area contributed by atoms with Gasteiger partial charge in [-0.05, 0) is 23.3 Å². The van der Waals surface area contributed by atoms with Gasteiger partial charge in [0.25, 0.3) is 5.91 Å². The van der Waals surface area contributed by atoms with Crippen LogP contribution >= 0.6 is 0 Å².